The molecule has 1 aliphatic heterocycles. The summed E-state index contributed by atoms with van der Waals surface area (Å²) in [6.45, 7) is 0. The number of methoxy groups -OCH3 is 1. The lowest BCUT2D eigenvalue weighted by Crippen LogP contribution is -2.27. The first kappa shape index (κ1) is 11.8. The molecule has 0 unspecified atom stereocenters. The molecule has 3 rings (SSSR count). The van der Waals surface area contributed by atoms with Gasteiger partial charge in [0.1, 0.15) is 18.1 Å². The van der Waals surface area contributed by atoms with Crippen LogP contribution in [-0.2, 0) is 9.47 Å². The van der Waals surface area contributed by atoms with Gasteiger partial charge >= 0.3 is 0 Å². The number of aromatic nitrogens is 4. The van der Waals surface area contributed by atoms with Gasteiger partial charge in [0.15, 0.2) is 17.1 Å². The minimum Gasteiger partial charge on any atom is -0.356 e. The number of nitrogens with zero attached hydrogens (tertiary/aromatic N) is 4. The summed E-state index contributed by atoms with van der Waals surface area (Å²) in [7, 11) is 1.65. The topological polar surface area (TPSA) is 62.1 Å². The molecule has 1 fully saturated rings. The van der Waals surface area contributed by atoms with Crippen molar-refractivity contribution in [2.24, 2.45) is 0 Å². The molecule has 18 heavy (non-hydrogen) atoms. The van der Waals surface area contributed by atoms with Crippen LogP contribution in [0, 0.1) is 0 Å². The van der Waals surface area contributed by atoms with E-state index in [0.29, 0.717) is 16.3 Å². The van der Waals surface area contributed by atoms with Gasteiger partial charge in [-0.3, -0.25) is 4.57 Å². The molecule has 2 aromatic rings. The largest absolute Gasteiger partial charge is 0.356 e. The molecular weight excluding hydrogens is 256 g/mol. The summed E-state index contributed by atoms with van der Waals surface area (Å²) in [5, 5.41) is 0.359. The Balaban J connectivity index is 1.96. The molecule has 2 atom stereocenters. The number of imidazole rings is 1. The number of hydrogen-bond donors (Lipinski definition) is 0. The molecule has 0 N–H and O–H groups in total. The fraction of sp³-hybridized carbons (Fsp3) is 0.545. The molecule has 0 spiro atoms. The summed E-state index contributed by atoms with van der Waals surface area (Å²) in [5.41, 5.74) is 1.29. The molecule has 1 saturated heterocycles. The van der Waals surface area contributed by atoms with Gasteiger partial charge < -0.3 is 9.47 Å². The van der Waals surface area contributed by atoms with E-state index in [1.165, 1.54) is 6.33 Å². The summed E-state index contributed by atoms with van der Waals surface area (Å²) in [4.78, 5) is 12.4. The van der Waals surface area contributed by atoms with Crippen molar-refractivity contribution in [1.29, 1.82) is 0 Å². The fourth-order valence-corrected chi connectivity index (χ4v) is 2.36. The zero-order valence-electron chi connectivity index (χ0n) is 9.91. The summed E-state index contributed by atoms with van der Waals surface area (Å²) in [5.74, 6) is 0. The highest BCUT2D eigenvalue weighted by Gasteiger charge is 2.25. The van der Waals surface area contributed by atoms with E-state index in [1.807, 2.05) is 4.57 Å². The summed E-state index contributed by atoms with van der Waals surface area (Å²) < 4.78 is 12.9. The molecule has 7 heteroatoms. The van der Waals surface area contributed by atoms with Crippen LogP contribution in [0.1, 0.15) is 25.5 Å². The molecule has 0 radical (unpaired) electrons. The average molecular weight is 269 g/mol. The molecule has 3 heterocycles. The third kappa shape index (κ3) is 1.96. The third-order valence-electron chi connectivity index (χ3n) is 3.09. The highest BCUT2D eigenvalue weighted by Crippen LogP contribution is 2.30. The molecule has 0 bridgehead atoms. The highest BCUT2D eigenvalue weighted by atomic mass is 35.5. The van der Waals surface area contributed by atoms with Gasteiger partial charge in [-0.15, -0.1) is 0 Å². The van der Waals surface area contributed by atoms with Gasteiger partial charge in [-0.25, -0.2) is 15.0 Å². The van der Waals surface area contributed by atoms with Crippen LogP contribution in [-0.4, -0.2) is 32.9 Å². The number of rotatable bonds is 2. The molecule has 0 aromatic carbocycles. The van der Waals surface area contributed by atoms with Crippen LogP contribution >= 0.6 is 11.6 Å². The van der Waals surface area contributed by atoms with Gasteiger partial charge in [0.25, 0.3) is 0 Å². The molecule has 1 aliphatic rings. The molecule has 6 nitrogen and oxygen atoms in total. The van der Waals surface area contributed by atoms with Crippen LogP contribution in [0.25, 0.3) is 11.2 Å². The Morgan fingerprint density at radius 2 is 2.28 bits per heavy atom. The van der Waals surface area contributed by atoms with E-state index in [0.717, 1.165) is 19.3 Å². The van der Waals surface area contributed by atoms with Crippen molar-refractivity contribution in [2.75, 3.05) is 7.11 Å². The number of fused-ring (bicyclic) bond motifs is 1. The Hall–Kier alpha value is -1.24. The molecule has 96 valence electrons. The maximum absolute atomic E-state index is 5.97. The van der Waals surface area contributed by atoms with Crippen molar-refractivity contribution in [3.63, 3.8) is 0 Å². The van der Waals surface area contributed by atoms with Crippen molar-refractivity contribution >= 4 is 22.8 Å². The Morgan fingerprint density at radius 3 is 3.11 bits per heavy atom. The van der Waals surface area contributed by atoms with Crippen LogP contribution in [0.2, 0.25) is 5.15 Å². The maximum Gasteiger partial charge on any atom is 0.166 e. The lowest BCUT2D eigenvalue weighted by Gasteiger charge is -2.29. The molecule has 0 saturated carbocycles. The monoisotopic (exact) mass is 268 g/mol. The maximum atomic E-state index is 5.97. The van der Waals surface area contributed by atoms with Gasteiger partial charge in [-0.1, -0.05) is 11.6 Å². The van der Waals surface area contributed by atoms with E-state index in [2.05, 4.69) is 15.0 Å². The first-order valence-electron chi connectivity index (χ1n) is 5.81. The molecule has 0 amide bonds. The minimum absolute atomic E-state index is 0.111. The van der Waals surface area contributed by atoms with Gasteiger partial charge in [0.05, 0.1) is 6.33 Å². The van der Waals surface area contributed by atoms with Crippen LogP contribution in [0.5, 0.6) is 0 Å². The van der Waals surface area contributed by atoms with Crippen LogP contribution < -0.4 is 0 Å². The van der Waals surface area contributed by atoms with E-state index in [-0.39, 0.29) is 12.5 Å². The average Bonchev–Trinajstić information content (AvgIpc) is 2.84. The van der Waals surface area contributed by atoms with E-state index in [4.69, 9.17) is 21.1 Å². The fourth-order valence-electron chi connectivity index (χ4n) is 2.18. The van der Waals surface area contributed by atoms with E-state index < -0.39 is 0 Å². The van der Waals surface area contributed by atoms with E-state index in [9.17, 15) is 0 Å². The Morgan fingerprint density at radius 1 is 1.39 bits per heavy atom. The van der Waals surface area contributed by atoms with Crippen molar-refractivity contribution in [1.82, 2.24) is 19.5 Å². The Labute approximate surface area is 109 Å². The predicted octanol–water partition coefficient (Wildman–Crippen LogP) is 2.15. The summed E-state index contributed by atoms with van der Waals surface area (Å²) >= 11 is 5.97. The zero-order valence-corrected chi connectivity index (χ0v) is 10.7. The Bertz CT molecular complexity index is 559. The number of hydrogen-bond acceptors (Lipinski definition) is 5. The first-order valence-corrected chi connectivity index (χ1v) is 6.18. The van der Waals surface area contributed by atoms with E-state index in [1.54, 1.807) is 13.4 Å². The predicted molar refractivity (Wildman–Crippen MR) is 65.1 cm³/mol. The van der Waals surface area contributed by atoms with Crippen LogP contribution in [0.3, 0.4) is 0 Å². The normalized spacial score (nSPS) is 24.6. The summed E-state index contributed by atoms with van der Waals surface area (Å²) in [6, 6.07) is 0. The van der Waals surface area contributed by atoms with Crippen LogP contribution in [0.4, 0.5) is 0 Å². The third-order valence-corrected chi connectivity index (χ3v) is 3.36. The van der Waals surface area contributed by atoms with Gasteiger partial charge in [-0.2, -0.15) is 0 Å². The number of halogens is 1. The van der Waals surface area contributed by atoms with Gasteiger partial charge in [0, 0.05) is 7.11 Å². The number of ether oxygens (including phenoxy) is 2. The highest BCUT2D eigenvalue weighted by molar-refractivity contribution is 6.33. The van der Waals surface area contributed by atoms with Gasteiger partial charge in [-0.05, 0) is 19.3 Å². The molecular formula is C11H13ClN4O2. The second-order valence-electron chi connectivity index (χ2n) is 4.18. The van der Waals surface area contributed by atoms with Crippen molar-refractivity contribution in [2.45, 2.75) is 31.8 Å². The van der Waals surface area contributed by atoms with Gasteiger partial charge in [0.2, 0.25) is 0 Å². The quantitative estimate of drug-likeness (QED) is 0.781. The standard InChI is InChI=1S/C11H13ClN4O2/c1-17-8-4-2-3-7(18-8)16-6-15-9-10(12)13-5-14-11(9)16/h5-8H,2-4H2,1H3/t7-,8-/m1/s1. The zero-order chi connectivity index (χ0) is 12.5. The SMILES string of the molecule is CO[C@H]1CCC[C@H](n2cnc3c(Cl)ncnc32)O1. The Kier molecular flexibility index (Phi) is 3.15. The second kappa shape index (κ2) is 4.79. The van der Waals surface area contributed by atoms with Crippen LogP contribution in [0.15, 0.2) is 12.7 Å². The first-order chi connectivity index (χ1) is 8.79. The smallest absolute Gasteiger partial charge is 0.166 e. The lowest BCUT2D eigenvalue weighted by atomic mass is 10.1. The van der Waals surface area contributed by atoms with Crippen molar-refractivity contribution in [3.8, 4) is 0 Å². The molecule has 2 aromatic heterocycles. The van der Waals surface area contributed by atoms with Crippen molar-refractivity contribution in [3.05, 3.63) is 17.8 Å². The molecule has 0 aliphatic carbocycles. The lowest BCUT2D eigenvalue weighted by molar-refractivity contribution is -0.201. The van der Waals surface area contributed by atoms with E-state index >= 15 is 0 Å². The minimum atomic E-state index is -0.168. The second-order valence-corrected chi connectivity index (χ2v) is 4.53. The van der Waals surface area contributed by atoms with Crippen molar-refractivity contribution < 1.29 is 9.47 Å². The summed E-state index contributed by atoms with van der Waals surface area (Å²) in [6.07, 6.45) is 5.70.